The van der Waals surface area contributed by atoms with Crippen LogP contribution in [0.25, 0.3) is 42.4 Å². The van der Waals surface area contributed by atoms with Crippen molar-refractivity contribution in [2.75, 3.05) is 0 Å². The van der Waals surface area contributed by atoms with Gasteiger partial charge in [-0.15, -0.1) is 11.3 Å². The molecule has 0 aliphatic carbocycles. The molecule has 0 radical (unpaired) electrons. The van der Waals surface area contributed by atoms with Gasteiger partial charge in [0.25, 0.3) is 0 Å². The van der Waals surface area contributed by atoms with E-state index in [0.717, 1.165) is 0 Å². The lowest BCUT2D eigenvalue weighted by Crippen LogP contribution is -1.80. The monoisotopic (exact) mass is 414 g/mol. The van der Waals surface area contributed by atoms with Crippen LogP contribution in [0, 0.1) is 0 Å². The Kier molecular flexibility index (Phi) is 3.88. The van der Waals surface area contributed by atoms with E-state index in [9.17, 15) is 0 Å². The van der Waals surface area contributed by atoms with E-state index in [-0.39, 0.29) is 0 Å². The largest absolute Gasteiger partial charge is 0.133 e. The Morgan fingerprint density at radius 2 is 1.12 bits per heavy atom. The SMILES string of the molecule is Brc1cccc2c1sc1c(-c3ccc(-c4ccccc4)cc3)cccc12. The van der Waals surface area contributed by atoms with Crippen molar-refractivity contribution in [1.82, 2.24) is 0 Å². The van der Waals surface area contributed by atoms with Crippen LogP contribution in [0.5, 0.6) is 0 Å². The van der Waals surface area contributed by atoms with Gasteiger partial charge in [-0.3, -0.25) is 0 Å². The third kappa shape index (κ3) is 2.57. The third-order valence-corrected chi connectivity index (χ3v) is 6.99. The van der Waals surface area contributed by atoms with Crippen LogP contribution in [0.3, 0.4) is 0 Å². The molecule has 0 unspecified atom stereocenters. The van der Waals surface area contributed by atoms with Crippen molar-refractivity contribution in [3.8, 4) is 22.3 Å². The van der Waals surface area contributed by atoms with Crippen molar-refractivity contribution in [3.05, 3.63) is 95.5 Å². The number of halogens is 1. The van der Waals surface area contributed by atoms with Crippen LogP contribution in [0.15, 0.2) is 95.5 Å². The van der Waals surface area contributed by atoms with Crippen molar-refractivity contribution < 1.29 is 0 Å². The molecule has 0 amide bonds. The highest BCUT2D eigenvalue weighted by Gasteiger charge is 2.11. The first kappa shape index (κ1) is 15.8. The second-order valence-corrected chi connectivity index (χ2v) is 8.22. The Hall–Kier alpha value is -2.42. The minimum absolute atomic E-state index is 1.17. The van der Waals surface area contributed by atoms with Crippen LogP contribution >= 0.6 is 27.3 Å². The number of benzene rings is 4. The fourth-order valence-electron chi connectivity index (χ4n) is 3.49. The summed E-state index contributed by atoms with van der Waals surface area (Å²) in [6.45, 7) is 0. The van der Waals surface area contributed by atoms with Crippen LogP contribution in [-0.2, 0) is 0 Å². The molecule has 4 aromatic carbocycles. The highest BCUT2D eigenvalue weighted by atomic mass is 79.9. The smallest absolute Gasteiger partial charge is 0.0497 e. The summed E-state index contributed by atoms with van der Waals surface area (Å²) in [5, 5.41) is 2.65. The highest BCUT2D eigenvalue weighted by molar-refractivity contribution is 9.10. The molecular weight excluding hydrogens is 400 g/mol. The molecule has 0 N–H and O–H groups in total. The number of hydrogen-bond donors (Lipinski definition) is 0. The lowest BCUT2D eigenvalue weighted by molar-refractivity contribution is 1.61. The summed E-state index contributed by atoms with van der Waals surface area (Å²) in [4.78, 5) is 0. The van der Waals surface area contributed by atoms with Gasteiger partial charge in [0, 0.05) is 24.6 Å². The number of thiophene rings is 1. The Morgan fingerprint density at radius 1 is 0.500 bits per heavy atom. The maximum absolute atomic E-state index is 3.70. The molecule has 0 saturated carbocycles. The van der Waals surface area contributed by atoms with Crippen LogP contribution < -0.4 is 0 Å². The van der Waals surface area contributed by atoms with Crippen LogP contribution in [0.2, 0.25) is 0 Å². The van der Waals surface area contributed by atoms with Gasteiger partial charge in [-0.1, -0.05) is 84.9 Å². The van der Waals surface area contributed by atoms with Crippen molar-refractivity contribution in [3.63, 3.8) is 0 Å². The van der Waals surface area contributed by atoms with Crippen LogP contribution in [-0.4, -0.2) is 0 Å². The lowest BCUT2D eigenvalue weighted by Gasteiger charge is -2.06. The number of fused-ring (bicyclic) bond motifs is 3. The van der Waals surface area contributed by atoms with E-state index in [0.29, 0.717) is 0 Å². The Morgan fingerprint density at radius 3 is 1.88 bits per heavy atom. The Balaban J connectivity index is 1.67. The van der Waals surface area contributed by atoms with Gasteiger partial charge in [0.2, 0.25) is 0 Å². The van der Waals surface area contributed by atoms with Crippen LogP contribution in [0.1, 0.15) is 0 Å². The van der Waals surface area contributed by atoms with Crippen molar-refractivity contribution in [2.45, 2.75) is 0 Å². The van der Waals surface area contributed by atoms with Gasteiger partial charge in [0.15, 0.2) is 0 Å². The summed E-state index contributed by atoms with van der Waals surface area (Å²) in [6.07, 6.45) is 0. The van der Waals surface area contributed by atoms with Gasteiger partial charge in [0.05, 0.1) is 0 Å². The van der Waals surface area contributed by atoms with Gasteiger partial charge >= 0.3 is 0 Å². The molecule has 0 bridgehead atoms. The summed E-state index contributed by atoms with van der Waals surface area (Å²) >= 11 is 5.57. The summed E-state index contributed by atoms with van der Waals surface area (Å²) in [6, 6.07) is 32.5. The van der Waals surface area contributed by atoms with Crippen LogP contribution in [0.4, 0.5) is 0 Å². The lowest BCUT2D eigenvalue weighted by atomic mass is 9.99. The van der Waals surface area contributed by atoms with E-state index < -0.39 is 0 Å². The van der Waals surface area contributed by atoms with E-state index in [4.69, 9.17) is 0 Å². The average Bonchev–Trinajstić information content (AvgIpc) is 3.09. The molecule has 0 saturated heterocycles. The molecule has 0 aliphatic heterocycles. The molecule has 0 aliphatic rings. The maximum atomic E-state index is 3.70. The fraction of sp³-hybridized carbons (Fsp3) is 0. The van der Waals surface area contributed by atoms with E-state index in [1.807, 2.05) is 11.3 Å². The minimum atomic E-state index is 1.17. The zero-order chi connectivity index (χ0) is 17.5. The molecule has 2 heteroatoms. The van der Waals surface area contributed by atoms with Gasteiger partial charge in [0.1, 0.15) is 0 Å². The first-order valence-corrected chi connectivity index (χ1v) is 10.2. The first-order valence-electron chi connectivity index (χ1n) is 8.57. The summed E-state index contributed by atoms with van der Waals surface area (Å²) < 4.78 is 3.83. The molecule has 0 fully saturated rings. The molecule has 1 heterocycles. The van der Waals surface area contributed by atoms with Gasteiger partial charge < -0.3 is 0 Å². The minimum Gasteiger partial charge on any atom is -0.133 e. The van der Waals surface area contributed by atoms with E-state index in [1.54, 1.807) is 0 Å². The quantitative estimate of drug-likeness (QED) is 0.273. The highest BCUT2D eigenvalue weighted by Crippen LogP contribution is 2.42. The summed E-state index contributed by atoms with van der Waals surface area (Å²) in [7, 11) is 0. The van der Waals surface area contributed by atoms with Crippen molar-refractivity contribution >= 4 is 47.4 Å². The van der Waals surface area contributed by atoms with Gasteiger partial charge in [-0.05, 0) is 44.3 Å². The molecule has 26 heavy (non-hydrogen) atoms. The zero-order valence-corrected chi connectivity index (χ0v) is 16.3. The van der Waals surface area contributed by atoms with Crippen molar-refractivity contribution in [1.29, 1.82) is 0 Å². The Bertz CT molecular complexity index is 1220. The Labute approximate surface area is 164 Å². The summed E-state index contributed by atoms with van der Waals surface area (Å²) in [5.74, 6) is 0. The first-order chi connectivity index (χ1) is 12.8. The predicted molar refractivity (Wildman–Crippen MR) is 118 cm³/mol. The summed E-state index contributed by atoms with van der Waals surface area (Å²) in [5.41, 5.74) is 5.07. The number of rotatable bonds is 2. The molecular formula is C24H15BrS. The molecule has 0 atom stereocenters. The fourth-order valence-corrected chi connectivity index (χ4v) is 5.34. The molecule has 1 aromatic heterocycles. The molecule has 0 nitrogen and oxygen atoms in total. The predicted octanol–water partition coefficient (Wildman–Crippen LogP) is 8.15. The topological polar surface area (TPSA) is 0 Å². The zero-order valence-electron chi connectivity index (χ0n) is 13.9. The standard InChI is InChI=1S/C24H15BrS/c25-22-11-5-10-21-20-9-4-8-19(23(20)26-24(21)22)18-14-12-17(13-15-18)16-6-2-1-3-7-16/h1-15H. The molecule has 5 rings (SSSR count). The van der Waals surface area contributed by atoms with E-state index in [1.165, 1.54) is 46.9 Å². The van der Waals surface area contributed by atoms with Gasteiger partial charge in [-0.25, -0.2) is 0 Å². The van der Waals surface area contributed by atoms with Gasteiger partial charge in [-0.2, -0.15) is 0 Å². The average molecular weight is 415 g/mol. The van der Waals surface area contributed by atoms with Crippen molar-refractivity contribution in [2.24, 2.45) is 0 Å². The molecule has 124 valence electrons. The normalized spacial score (nSPS) is 11.3. The molecule has 0 spiro atoms. The maximum Gasteiger partial charge on any atom is 0.0497 e. The number of hydrogen-bond acceptors (Lipinski definition) is 1. The second kappa shape index (κ2) is 6.39. The second-order valence-electron chi connectivity index (χ2n) is 6.34. The molecule has 5 aromatic rings. The van der Waals surface area contributed by atoms with E-state index >= 15 is 0 Å². The van der Waals surface area contributed by atoms with E-state index in [2.05, 4.69) is 107 Å². The third-order valence-electron chi connectivity index (χ3n) is 4.78.